The van der Waals surface area contributed by atoms with Gasteiger partial charge in [-0.25, -0.2) is 0 Å². The molecule has 1 aromatic rings. The van der Waals surface area contributed by atoms with Crippen molar-refractivity contribution in [3.05, 3.63) is 29.3 Å². The van der Waals surface area contributed by atoms with Gasteiger partial charge in [-0.3, -0.25) is 0 Å². The van der Waals surface area contributed by atoms with Gasteiger partial charge < -0.3 is 9.80 Å². The number of anilines is 1. The molecule has 18 heavy (non-hydrogen) atoms. The van der Waals surface area contributed by atoms with Gasteiger partial charge in [0.2, 0.25) is 0 Å². The second-order valence-electron chi connectivity index (χ2n) is 5.21. The van der Waals surface area contributed by atoms with Crippen LogP contribution in [-0.2, 0) is 5.33 Å². The van der Waals surface area contributed by atoms with Crippen molar-refractivity contribution in [2.45, 2.75) is 25.1 Å². The minimum Gasteiger partial charge on any atom is -0.373 e. The van der Waals surface area contributed by atoms with Crippen molar-refractivity contribution in [2.75, 3.05) is 38.1 Å². The predicted octanol–water partition coefficient (Wildman–Crippen LogP) is 3.42. The summed E-state index contributed by atoms with van der Waals surface area (Å²) in [5, 5.41) is 0.941. The van der Waals surface area contributed by atoms with Gasteiger partial charge in [-0.1, -0.05) is 22.0 Å². The van der Waals surface area contributed by atoms with E-state index in [4.69, 9.17) is 0 Å². The van der Waals surface area contributed by atoms with E-state index in [9.17, 15) is 0 Å². The van der Waals surface area contributed by atoms with E-state index < -0.39 is 0 Å². The van der Waals surface area contributed by atoms with Crippen LogP contribution in [0, 0.1) is 6.92 Å². The standard InChI is InChI=1S/C15H23BrN2/c1-13-11-15(6-5-14(13)12-16)17(2)9-10-18-7-3-4-8-18/h5-6,11H,3-4,7-10,12H2,1-2H3. The van der Waals surface area contributed by atoms with Crippen LogP contribution in [0.25, 0.3) is 0 Å². The van der Waals surface area contributed by atoms with E-state index in [1.807, 2.05) is 0 Å². The maximum absolute atomic E-state index is 3.53. The Balaban J connectivity index is 1.91. The van der Waals surface area contributed by atoms with Crippen molar-refractivity contribution in [1.29, 1.82) is 0 Å². The first-order valence-electron chi connectivity index (χ1n) is 6.79. The molecule has 0 spiro atoms. The lowest BCUT2D eigenvalue weighted by Gasteiger charge is -2.23. The molecular weight excluding hydrogens is 288 g/mol. The summed E-state index contributed by atoms with van der Waals surface area (Å²) in [5.74, 6) is 0. The molecule has 1 aliphatic rings. The van der Waals surface area contributed by atoms with Crippen LogP contribution in [0.4, 0.5) is 5.69 Å². The Morgan fingerprint density at radius 1 is 1.28 bits per heavy atom. The number of likely N-dealkylation sites (tertiary alicyclic amines) is 1. The molecule has 1 aliphatic heterocycles. The number of hydrogen-bond acceptors (Lipinski definition) is 2. The number of hydrogen-bond donors (Lipinski definition) is 0. The summed E-state index contributed by atoms with van der Waals surface area (Å²) in [6.07, 6.45) is 2.76. The van der Waals surface area contributed by atoms with E-state index in [1.165, 1.54) is 49.3 Å². The van der Waals surface area contributed by atoms with Crippen LogP contribution in [0.15, 0.2) is 18.2 Å². The summed E-state index contributed by atoms with van der Waals surface area (Å²) in [4.78, 5) is 4.93. The summed E-state index contributed by atoms with van der Waals surface area (Å²) in [6.45, 7) is 7.07. The number of nitrogens with zero attached hydrogens (tertiary/aromatic N) is 2. The lowest BCUT2D eigenvalue weighted by molar-refractivity contribution is 0.346. The Labute approximate surface area is 119 Å². The summed E-state index contributed by atoms with van der Waals surface area (Å²) in [6, 6.07) is 6.75. The van der Waals surface area contributed by atoms with Crippen LogP contribution in [0.1, 0.15) is 24.0 Å². The van der Waals surface area contributed by atoms with Crippen molar-refractivity contribution < 1.29 is 0 Å². The predicted molar refractivity (Wildman–Crippen MR) is 82.8 cm³/mol. The molecule has 0 atom stereocenters. The van der Waals surface area contributed by atoms with Crippen LogP contribution < -0.4 is 4.90 Å². The first-order chi connectivity index (χ1) is 8.70. The molecule has 2 nitrogen and oxygen atoms in total. The first kappa shape index (κ1) is 13.9. The third-order valence-electron chi connectivity index (χ3n) is 3.86. The van der Waals surface area contributed by atoms with E-state index in [-0.39, 0.29) is 0 Å². The van der Waals surface area contributed by atoms with Crippen LogP contribution in [-0.4, -0.2) is 38.1 Å². The van der Waals surface area contributed by atoms with Crippen molar-refractivity contribution in [2.24, 2.45) is 0 Å². The number of likely N-dealkylation sites (N-methyl/N-ethyl adjacent to an activating group) is 1. The SMILES string of the molecule is Cc1cc(N(C)CCN2CCCC2)ccc1CBr. The highest BCUT2D eigenvalue weighted by atomic mass is 79.9. The molecule has 2 rings (SSSR count). The third-order valence-corrected chi connectivity index (χ3v) is 4.47. The molecule has 1 heterocycles. The fraction of sp³-hybridized carbons (Fsp3) is 0.600. The Kier molecular flexibility index (Phi) is 5.07. The van der Waals surface area contributed by atoms with Crippen LogP contribution >= 0.6 is 15.9 Å². The number of aryl methyl sites for hydroxylation is 1. The molecule has 0 unspecified atom stereocenters. The van der Waals surface area contributed by atoms with Gasteiger partial charge in [0.25, 0.3) is 0 Å². The molecule has 1 saturated heterocycles. The molecule has 0 saturated carbocycles. The van der Waals surface area contributed by atoms with Gasteiger partial charge in [-0.2, -0.15) is 0 Å². The van der Waals surface area contributed by atoms with Gasteiger partial charge >= 0.3 is 0 Å². The van der Waals surface area contributed by atoms with E-state index >= 15 is 0 Å². The van der Waals surface area contributed by atoms with E-state index in [2.05, 4.69) is 57.9 Å². The first-order valence-corrected chi connectivity index (χ1v) is 7.92. The Hall–Kier alpha value is -0.540. The van der Waals surface area contributed by atoms with Crippen LogP contribution in [0.5, 0.6) is 0 Å². The molecule has 100 valence electrons. The summed E-state index contributed by atoms with van der Waals surface area (Å²) in [5.41, 5.74) is 4.08. The zero-order valence-corrected chi connectivity index (χ0v) is 13.0. The molecule has 1 aromatic carbocycles. The molecular formula is C15H23BrN2. The Morgan fingerprint density at radius 2 is 2.00 bits per heavy atom. The minimum atomic E-state index is 0.941. The van der Waals surface area contributed by atoms with Gasteiger partial charge in [-0.15, -0.1) is 0 Å². The quantitative estimate of drug-likeness (QED) is 0.769. The van der Waals surface area contributed by atoms with Gasteiger partial charge in [0, 0.05) is 31.2 Å². The molecule has 0 aliphatic carbocycles. The van der Waals surface area contributed by atoms with E-state index in [0.717, 1.165) is 11.9 Å². The largest absolute Gasteiger partial charge is 0.373 e. The monoisotopic (exact) mass is 310 g/mol. The lowest BCUT2D eigenvalue weighted by Crippen LogP contribution is -2.31. The van der Waals surface area contributed by atoms with E-state index in [1.54, 1.807) is 0 Å². The van der Waals surface area contributed by atoms with E-state index in [0.29, 0.717) is 0 Å². The smallest absolute Gasteiger partial charge is 0.0366 e. The molecule has 1 fully saturated rings. The topological polar surface area (TPSA) is 6.48 Å². The second kappa shape index (κ2) is 6.58. The van der Waals surface area contributed by atoms with Crippen LogP contribution in [0.2, 0.25) is 0 Å². The fourth-order valence-electron chi connectivity index (χ4n) is 2.49. The normalized spacial score (nSPS) is 16.2. The minimum absolute atomic E-state index is 0.941. The maximum Gasteiger partial charge on any atom is 0.0366 e. The summed E-state index contributed by atoms with van der Waals surface area (Å²) < 4.78 is 0. The highest BCUT2D eigenvalue weighted by Gasteiger charge is 2.12. The summed E-state index contributed by atoms with van der Waals surface area (Å²) in [7, 11) is 2.19. The zero-order valence-electron chi connectivity index (χ0n) is 11.5. The average Bonchev–Trinajstić information content (AvgIpc) is 2.89. The second-order valence-corrected chi connectivity index (χ2v) is 5.78. The number of halogens is 1. The third kappa shape index (κ3) is 3.48. The van der Waals surface area contributed by atoms with Gasteiger partial charge in [0.05, 0.1) is 0 Å². The molecule has 3 heteroatoms. The van der Waals surface area contributed by atoms with Crippen LogP contribution in [0.3, 0.4) is 0 Å². The van der Waals surface area contributed by atoms with Gasteiger partial charge in [-0.05, 0) is 56.1 Å². The number of rotatable bonds is 5. The molecule has 0 N–H and O–H groups in total. The molecule has 0 aromatic heterocycles. The Bertz CT molecular complexity index is 386. The van der Waals surface area contributed by atoms with Gasteiger partial charge in [0.15, 0.2) is 0 Å². The van der Waals surface area contributed by atoms with Crippen molar-refractivity contribution in [3.8, 4) is 0 Å². The van der Waals surface area contributed by atoms with Crippen molar-refractivity contribution in [1.82, 2.24) is 4.90 Å². The average molecular weight is 311 g/mol. The zero-order chi connectivity index (χ0) is 13.0. The molecule has 0 bridgehead atoms. The molecule has 0 radical (unpaired) electrons. The summed E-state index contributed by atoms with van der Waals surface area (Å²) >= 11 is 3.53. The number of benzene rings is 1. The number of alkyl halides is 1. The van der Waals surface area contributed by atoms with Crippen molar-refractivity contribution >= 4 is 21.6 Å². The van der Waals surface area contributed by atoms with Crippen molar-refractivity contribution in [3.63, 3.8) is 0 Å². The maximum atomic E-state index is 3.53. The fourth-order valence-corrected chi connectivity index (χ4v) is 3.12. The lowest BCUT2D eigenvalue weighted by atomic mass is 10.1. The highest BCUT2D eigenvalue weighted by molar-refractivity contribution is 9.08. The van der Waals surface area contributed by atoms with Gasteiger partial charge in [0.1, 0.15) is 0 Å². The molecule has 0 amide bonds. The highest BCUT2D eigenvalue weighted by Crippen LogP contribution is 2.20. The Morgan fingerprint density at radius 3 is 2.61 bits per heavy atom.